The number of carbonyl (C=O) groups excluding carboxylic acids is 4. The van der Waals surface area contributed by atoms with E-state index < -0.39 is 23.5 Å². The average Bonchev–Trinajstić information content (AvgIpc) is 3.76. The maximum atomic E-state index is 14.0. The highest BCUT2D eigenvalue weighted by molar-refractivity contribution is 6.04. The zero-order chi connectivity index (χ0) is 36.3. The number of likely N-dealkylation sites (tertiary alicyclic amines) is 1. The standard InChI is InChI=1S/C37H51N7O6/c1-5-7-8-11-20-50-36(48)42-33(39)26-14-12-25(13-15-26)32(38)34-41-29-21-27(16-17-30(29)43(34)4)37(3,35(47)44-18-9-10-19-44)24-40-23-28(45)22-31(46)49-6-2/h12-17,21,32,40H,5-11,18-20,22-24,38H2,1-4H3,(H2,39,42,48). The minimum Gasteiger partial charge on any atom is -0.466 e. The Kier molecular flexibility index (Phi) is 13.6. The van der Waals surface area contributed by atoms with E-state index in [-0.39, 0.29) is 43.6 Å². The van der Waals surface area contributed by atoms with E-state index in [1.54, 1.807) is 31.2 Å². The van der Waals surface area contributed by atoms with Gasteiger partial charge in [0.25, 0.3) is 0 Å². The van der Waals surface area contributed by atoms with Gasteiger partial charge in [-0.1, -0.05) is 56.5 Å². The summed E-state index contributed by atoms with van der Waals surface area (Å²) < 4.78 is 12.0. The number of fused-ring (bicyclic) bond motifs is 1. The molecule has 5 N–H and O–H groups in total. The molecule has 1 fully saturated rings. The van der Waals surface area contributed by atoms with Crippen LogP contribution in [0.4, 0.5) is 4.79 Å². The Morgan fingerprint density at radius 3 is 2.42 bits per heavy atom. The number of hydrogen-bond acceptors (Lipinski definition) is 10. The number of nitrogens with two attached hydrogens (primary N) is 1. The Morgan fingerprint density at radius 1 is 1.02 bits per heavy atom. The zero-order valence-electron chi connectivity index (χ0n) is 29.7. The molecule has 270 valence electrons. The van der Waals surface area contributed by atoms with Gasteiger partial charge in [0.1, 0.15) is 18.1 Å². The minimum atomic E-state index is -1.00. The van der Waals surface area contributed by atoms with Crippen LogP contribution in [0.3, 0.4) is 0 Å². The molecule has 2 heterocycles. The van der Waals surface area contributed by atoms with Gasteiger partial charge >= 0.3 is 12.1 Å². The molecule has 0 saturated carbocycles. The van der Waals surface area contributed by atoms with E-state index >= 15 is 0 Å². The molecule has 2 atom stereocenters. The van der Waals surface area contributed by atoms with E-state index in [1.807, 2.05) is 41.6 Å². The van der Waals surface area contributed by atoms with Gasteiger partial charge < -0.3 is 30.0 Å². The third-order valence-corrected chi connectivity index (χ3v) is 9.16. The van der Waals surface area contributed by atoms with Crippen LogP contribution in [0, 0.1) is 5.41 Å². The molecule has 13 heteroatoms. The van der Waals surface area contributed by atoms with Crippen molar-refractivity contribution < 1.29 is 28.7 Å². The van der Waals surface area contributed by atoms with Crippen LogP contribution in [0.25, 0.3) is 11.0 Å². The van der Waals surface area contributed by atoms with Crippen LogP contribution in [0.2, 0.25) is 0 Å². The number of amides is 2. The summed E-state index contributed by atoms with van der Waals surface area (Å²) in [6, 6.07) is 12.2. The van der Waals surface area contributed by atoms with Crippen LogP contribution in [0.1, 0.15) is 94.3 Å². The smallest absolute Gasteiger partial charge is 0.412 e. The van der Waals surface area contributed by atoms with Crippen molar-refractivity contribution in [3.05, 3.63) is 65.0 Å². The van der Waals surface area contributed by atoms with Crippen LogP contribution < -0.4 is 16.4 Å². The molecule has 0 aliphatic carbocycles. The number of amidine groups is 1. The Balaban J connectivity index is 1.49. The van der Waals surface area contributed by atoms with Crippen molar-refractivity contribution in [2.45, 2.75) is 77.2 Å². The van der Waals surface area contributed by atoms with E-state index in [0.717, 1.165) is 55.2 Å². The van der Waals surface area contributed by atoms with Gasteiger partial charge in [-0.25, -0.2) is 9.78 Å². The normalized spacial score (nSPS) is 14.6. The van der Waals surface area contributed by atoms with Crippen molar-refractivity contribution in [2.75, 3.05) is 39.4 Å². The summed E-state index contributed by atoms with van der Waals surface area (Å²) in [4.78, 5) is 57.0. The van der Waals surface area contributed by atoms with Gasteiger partial charge in [0, 0.05) is 32.2 Å². The number of benzene rings is 2. The van der Waals surface area contributed by atoms with Gasteiger partial charge in [-0.05, 0) is 56.4 Å². The minimum absolute atomic E-state index is 0.0343. The van der Waals surface area contributed by atoms with Crippen molar-refractivity contribution in [2.24, 2.45) is 12.8 Å². The SMILES string of the molecule is CCCCCCOC(=O)NC(=N)c1ccc(C(N)c2nc3cc(C(C)(CNCC(=O)CC(=O)OCC)C(=O)N4CCCC4)ccc3n2C)cc1. The lowest BCUT2D eigenvalue weighted by molar-refractivity contribution is -0.145. The highest BCUT2D eigenvalue weighted by Gasteiger charge is 2.39. The maximum Gasteiger partial charge on any atom is 0.412 e. The molecule has 0 radical (unpaired) electrons. The highest BCUT2D eigenvalue weighted by Crippen LogP contribution is 2.32. The molecule has 4 rings (SSSR count). The molecule has 0 spiro atoms. The molecular weight excluding hydrogens is 638 g/mol. The molecule has 1 aliphatic heterocycles. The molecule has 2 aromatic carbocycles. The molecule has 1 saturated heterocycles. The number of aromatic nitrogens is 2. The number of nitrogens with zero attached hydrogens (tertiary/aromatic N) is 3. The molecule has 2 amide bonds. The number of hydrogen-bond donors (Lipinski definition) is 4. The van der Waals surface area contributed by atoms with Gasteiger partial charge in [-0.3, -0.25) is 25.1 Å². The van der Waals surface area contributed by atoms with Crippen molar-refractivity contribution in [3.8, 4) is 0 Å². The monoisotopic (exact) mass is 689 g/mol. The van der Waals surface area contributed by atoms with Crippen LogP contribution in [0.5, 0.6) is 0 Å². The average molecular weight is 690 g/mol. The summed E-state index contributed by atoms with van der Waals surface area (Å²) in [5, 5.41) is 13.9. The molecule has 0 bridgehead atoms. The lowest BCUT2D eigenvalue weighted by Crippen LogP contribution is -2.50. The second-order valence-electron chi connectivity index (χ2n) is 13.0. The number of ketones is 1. The largest absolute Gasteiger partial charge is 0.466 e. The fourth-order valence-corrected chi connectivity index (χ4v) is 6.21. The number of alkyl carbamates (subject to hydrolysis) is 1. The van der Waals surface area contributed by atoms with Gasteiger partial charge in [-0.15, -0.1) is 0 Å². The van der Waals surface area contributed by atoms with E-state index in [2.05, 4.69) is 17.6 Å². The number of carbonyl (C=O) groups is 4. The summed E-state index contributed by atoms with van der Waals surface area (Å²) in [6.45, 7) is 7.68. The van der Waals surface area contributed by atoms with Gasteiger partial charge in [0.2, 0.25) is 5.91 Å². The maximum absolute atomic E-state index is 14.0. The summed E-state index contributed by atoms with van der Waals surface area (Å²) in [6.07, 6.45) is 4.89. The third kappa shape index (κ3) is 9.54. The first-order chi connectivity index (χ1) is 24.0. The van der Waals surface area contributed by atoms with E-state index in [9.17, 15) is 19.2 Å². The topological polar surface area (TPSA) is 182 Å². The highest BCUT2D eigenvalue weighted by atomic mass is 16.5. The first kappa shape index (κ1) is 38.2. The fourth-order valence-electron chi connectivity index (χ4n) is 6.21. The first-order valence-electron chi connectivity index (χ1n) is 17.5. The van der Waals surface area contributed by atoms with Crippen LogP contribution in [-0.4, -0.2) is 83.4 Å². The molecular formula is C37H51N7O6. The molecule has 3 aromatic rings. The third-order valence-electron chi connectivity index (χ3n) is 9.16. The number of unbranched alkanes of at least 4 members (excludes halogenated alkanes) is 3. The first-order valence-corrected chi connectivity index (χ1v) is 17.5. The second-order valence-corrected chi connectivity index (χ2v) is 13.0. The zero-order valence-corrected chi connectivity index (χ0v) is 29.7. The summed E-state index contributed by atoms with van der Waals surface area (Å²) in [5.41, 5.74) is 9.25. The quantitative estimate of drug-likeness (QED) is 0.0530. The predicted molar refractivity (Wildman–Crippen MR) is 191 cm³/mol. The number of imidazole rings is 1. The van der Waals surface area contributed by atoms with E-state index in [1.165, 1.54) is 0 Å². The predicted octanol–water partition coefficient (Wildman–Crippen LogP) is 4.25. The Morgan fingerprint density at radius 2 is 1.74 bits per heavy atom. The number of aryl methyl sites for hydroxylation is 1. The van der Waals surface area contributed by atoms with Crippen molar-refractivity contribution in [1.82, 2.24) is 25.1 Å². The van der Waals surface area contributed by atoms with Gasteiger partial charge in [0.05, 0.1) is 42.2 Å². The molecule has 2 unspecified atom stereocenters. The molecule has 1 aromatic heterocycles. The van der Waals surface area contributed by atoms with Crippen LogP contribution >= 0.6 is 0 Å². The molecule has 50 heavy (non-hydrogen) atoms. The van der Waals surface area contributed by atoms with Crippen molar-refractivity contribution in [1.29, 1.82) is 5.41 Å². The lowest BCUT2D eigenvalue weighted by atomic mass is 9.80. The van der Waals surface area contributed by atoms with E-state index in [0.29, 0.717) is 36.6 Å². The fraction of sp³-hybridized carbons (Fsp3) is 0.514. The molecule has 13 nitrogen and oxygen atoms in total. The summed E-state index contributed by atoms with van der Waals surface area (Å²) >= 11 is 0. The number of Topliss-reactive ketones (excluding diaryl/α,β-unsaturated/α-hetero) is 1. The Bertz CT molecular complexity index is 1660. The lowest BCUT2D eigenvalue weighted by Gasteiger charge is -2.33. The number of nitrogens with one attached hydrogen (secondary N) is 3. The van der Waals surface area contributed by atoms with E-state index in [4.69, 9.17) is 25.6 Å². The van der Waals surface area contributed by atoms with Gasteiger partial charge in [-0.2, -0.15) is 0 Å². The Hall–Kier alpha value is -4.62. The molecule has 1 aliphatic rings. The van der Waals surface area contributed by atoms with Crippen LogP contribution in [-0.2, 0) is 36.3 Å². The van der Waals surface area contributed by atoms with Crippen LogP contribution in [0.15, 0.2) is 42.5 Å². The summed E-state index contributed by atoms with van der Waals surface area (Å²) in [5.74, 6) is -0.367. The van der Waals surface area contributed by atoms with Crippen molar-refractivity contribution >= 4 is 40.6 Å². The van der Waals surface area contributed by atoms with Gasteiger partial charge in [0.15, 0.2) is 5.78 Å². The van der Waals surface area contributed by atoms with Crippen molar-refractivity contribution in [3.63, 3.8) is 0 Å². The Labute approximate surface area is 293 Å². The second kappa shape index (κ2) is 17.9. The number of ether oxygens (including phenoxy) is 2. The summed E-state index contributed by atoms with van der Waals surface area (Å²) in [7, 11) is 1.89. The number of rotatable bonds is 17. The number of esters is 1.